The molecule has 3 rings (SSSR count). The number of amides is 2. The van der Waals surface area contributed by atoms with Crippen molar-refractivity contribution < 1.29 is 9.59 Å². The molecule has 0 saturated carbocycles. The third kappa shape index (κ3) is 3.54. The van der Waals surface area contributed by atoms with Gasteiger partial charge in [-0.2, -0.15) is 0 Å². The van der Waals surface area contributed by atoms with E-state index >= 15 is 0 Å². The molecule has 0 aliphatic carbocycles. The highest BCUT2D eigenvalue weighted by molar-refractivity contribution is 5.94. The van der Waals surface area contributed by atoms with Crippen LogP contribution in [0.5, 0.6) is 0 Å². The number of piperidine rings is 1. The number of benzene rings is 1. The molecule has 2 amide bonds. The maximum atomic E-state index is 12.9. The highest BCUT2D eigenvalue weighted by Gasteiger charge is 2.32. The molecule has 2 heterocycles. The lowest BCUT2D eigenvalue weighted by molar-refractivity contribution is -0.123. The van der Waals surface area contributed by atoms with Crippen LogP contribution in [-0.4, -0.2) is 34.3 Å². The minimum Gasteiger partial charge on any atom is -0.369 e. The van der Waals surface area contributed by atoms with E-state index in [-0.39, 0.29) is 30.0 Å². The zero-order chi connectivity index (χ0) is 18.8. The monoisotopic (exact) mass is 353 g/mol. The molecule has 6 nitrogen and oxygen atoms in total. The summed E-state index contributed by atoms with van der Waals surface area (Å²) in [4.78, 5) is 41.2. The summed E-state index contributed by atoms with van der Waals surface area (Å²) in [6.07, 6.45) is 1.36. The van der Waals surface area contributed by atoms with Gasteiger partial charge in [0.1, 0.15) is 5.56 Å². The molecule has 1 aromatic heterocycles. The molecule has 0 bridgehead atoms. The van der Waals surface area contributed by atoms with E-state index in [1.54, 1.807) is 17.0 Å². The molecule has 2 atom stereocenters. The highest BCUT2D eigenvalue weighted by atomic mass is 16.2. The van der Waals surface area contributed by atoms with Gasteiger partial charge in [-0.15, -0.1) is 0 Å². The lowest BCUT2D eigenvalue weighted by Gasteiger charge is -2.36. The zero-order valence-corrected chi connectivity index (χ0v) is 15.0. The molecule has 2 aromatic rings. The predicted octanol–water partition coefficient (Wildman–Crippen LogP) is 2.08. The number of likely N-dealkylation sites (tertiary alicyclic amines) is 1. The number of aromatic amines is 1. The molecule has 6 heteroatoms. The Kier molecular flexibility index (Phi) is 4.93. The Hall–Kier alpha value is -2.89. The van der Waals surface area contributed by atoms with Gasteiger partial charge in [-0.25, -0.2) is 0 Å². The fourth-order valence-corrected chi connectivity index (χ4v) is 3.40. The third-order valence-electron chi connectivity index (χ3n) is 5.01. The van der Waals surface area contributed by atoms with Crippen LogP contribution in [0.15, 0.2) is 41.2 Å². The maximum Gasteiger partial charge on any atom is 0.261 e. The molecule has 136 valence electrons. The second-order valence-corrected chi connectivity index (χ2v) is 6.97. The standard InChI is InChI=1S/C20H23N3O3/c1-12-4-3-5-14(10-12)17-9-8-16(19(25)22-17)20(26)23-11-15(18(21)24)7-6-13(23)2/h3-5,8-10,13,15H,6-7,11H2,1-2H3,(H2,21,24)(H,22,25)/t13-,15-/m1/s1. The number of aromatic nitrogens is 1. The average Bonchev–Trinajstić information content (AvgIpc) is 2.61. The first kappa shape index (κ1) is 17.9. The van der Waals surface area contributed by atoms with Crippen molar-refractivity contribution in [1.29, 1.82) is 0 Å². The molecule has 1 aliphatic heterocycles. The van der Waals surface area contributed by atoms with Gasteiger partial charge in [0.15, 0.2) is 0 Å². The van der Waals surface area contributed by atoms with Crippen molar-refractivity contribution in [2.24, 2.45) is 11.7 Å². The number of nitrogens with zero attached hydrogens (tertiary/aromatic N) is 1. The quantitative estimate of drug-likeness (QED) is 0.884. The van der Waals surface area contributed by atoms with Crippen LogP contribution >= 0.6 is 0 Å². The van der Waals surface area contributed by atoms with Gasteiger partial charge in [0.05, 0.1) is 5.92 Å². The zero-order valence-electron chi connectivity index (χ0n) is 15.0. The van der Waals surface area contributed by atoms with Crippen molar-refractivity contribution in [3.63, 3.8) is 0 Å². The number of H-pyrrole nitrogens is 1. The lowest BCUT2D eigenvalue weighted by Crippen LogP contribution is -2.49. The number of hydrogen-bond donors (Lipinski definition) is 2. The van der Waals surface area contributed by atoms with Gasteiger partial charge < -0.3 is 15.6 Å². The van der Waals surface area contributed by atoms with Gasteiger partial charge in [0.25, 0.3) is 11.5 Å². The number of rotatable bonds is 3. The Morgan fingerprint density at radius 1 is 1.19 bits per heavy atom. The molecule has 0 spiro atoms. The van der Waals surface area contributed by atoms with Crippen molar-refractivity contribution in [3.05, 3.63) is 57.9 Å². The highest BCUT2D eigenvalue weighted by Crippen LogP contribution is 2.23. The number of nitrogens with two attached hydrogens (primary N) is 1. The lowest BCUT2D eigenvalue weighted by atomic mass is 9.92. The van der Waals surface area contributed by atoms with Crippen molar-refractivity contribution in [1.82, 2.24) is 9.88 Å². The van der Waals surface area contributed by atoms with Gasteiger partial charge in [-0.05, 0) is 50.5 Å². The number of carbonyl (C=O) groups is 2. The van der Waals surface area contributed by atoms with Crippen LogP contribution in [0.25, 0.3) is 11.3 Å². The minimum absolute atomic E-state index is 0.0334. The Morgan fingerprint density at radius 3 is 2.62 bits per heavy atom. The van der Waals surface area contributed by atoms with Crippen molar-refractivity contribution in [2.75, 3.05) is 6.54 Å². The normalized spacial score (nSPS) is 20.0. The van der Waals surface area contributed by atoms with E-state index in [0.717, 1.165) is 11.1 Å². The second kappa shape index (κ2) is 7.15. The molecule has 1 fully saturated rings. The summed E-state index contributed by atoms with van der Waals surface area (Å²) >= 11 is 0. The summed E-state index contributed by atoms with van der Waals surface area (Å²) in [5, 5.41) is 0. The van der Waals surface area contributed by atoms with E-state index in [2.05, 4.69) is 4.98 Å². The Morgan fingerprint density at radius 2 is 1.96 bits per heavy atom. The summed E-state index contributed by atoms with van der Waals surface area (Å²) in [6.45, 7) is 4.16. The first-order valence-electron chi connectivity index (χ1n) is 8.77. The SMILES string of the molecule is Cc1cccc(-c2ccc(C(=O)N3C[C@H](C(N)=O)CC[C@H]3C)c(=O)[nH]2)c1. The third-order valence-corrected chi connectivity index (χ3v) is 5.01. The van der Waals surface area contributed by atoms with Gasteiger partial charge in [0, 0.05) is 18.3 Å². The van der Waals surface area contributed by atoms with Crippen LogP contribution in [0, 0.1) is 12.8 Å². The van der Waals surface area contributed by atoms with E-state index in [1.165, 1.54) is 0 Å². The Balaban J connectivity index is 1.88. The van der Waals surface area contributed by atoms with E-state index in [4.69, 9.17) is 5.73 Å². The Bertz CT molecular complexity index is 903. The fourth-order valence-electron chi connectivity index (χ4n) is 3.40. The fraction of sp³-hybridized carbons (Fsp3) is 0.350. The Labute approximate surface area is 152 Å². The van der Waals surface area contributed by atoms with E-state index in [0.29, 0.717) is 18.5 Å². The van der Waals surface area contributed by atoms with Gasteiger partial charge in [0.2, 0.25) is 5.91 Å². The molecule has 1 aromatic carbocycles. The summed E-state index contributed by atoms with van der Waals surface area (Å²) < 4.78 is 0. The molecule has 0 radical (unpaired) electrons. The second-order valence-electron chi connectivity index (χ2n) is 6.97. The number of pyridine rings is 1. The summed E-state index contributed by atoms with van der Waals surface area (Å²) in [7, 11) is 0. The number of primary amides is 1. The maximum absolute atomic E-state index is 12.9. The number of nitrogens with one attached hydrogen (secondary N) is 1. The van der Waals surface area contributed by atoms with Gasteiger partial charge >= 0.3 is 0 Å². The van der Waals surface area contributed by atoms with Crippen LogP contribution in [0.1, 0.15) is 35.7 Å². The van der Waals surface area contributed by atoms with E-state index in [1.807, 2.05) is 38.1 Å². The molecular weight excluding hydrogens is 330 g/mol. The molecule has 1 aliphatic rings. The summed E-state index contributed by atoms with van der Waals surface area (Å²) in [5.41, 5.74) is 7.69. The molecule has 1 saturated heterocycles. The van der Waals surface area contributed by atoms with Crippen LogP contribution in [0.4, 0.5) is 0 Å². The molecule has 0 unspecified atom stereocenters. The van der Waals surface area contributed by atoms with Crippen molar-refractivity contribution in [2.45, 2.75) is 32.7 Å². The van der Waals surface area contributed by atoms with Crippen LogP contribution in [-0.2, 0) is 4.79 Å². The van der Waals surface area contributed by atoms with Crippen LogP contribution < -0.4 is 11.3 Å². The van der Waals surface area contributed by atoms with Crippen LogP contribution in [0.3, 0.4) is 0 Å². The van der Waals surface area contributed by atoms with E-state index in [9.17, 15) is 14.4 Å². The molecule has 26 heavy (non-hydrogen) atoms. The number of hydrogen-bond acceptors (Lipinski definition) is 3. The van der Waals surface area contributed by atoms with Crippen molar-refractivity contribution >= 4 is 11.8 Å². The first-order chi connectivity index (χ1) is 12.4. The summed E-state index contributed by atoms with van der Waals surface area (Å²) in [6, 6.07) is 11.0. The smallest absolute Gasteiger partial charge is 0.261 e. The van der Waals surface area contributed by atoms with Crippen LogP contribution in [0.2, 0.25) is 0 Å². The van der Waals surface area contributed by atoms with Gasteiger partial charge in [-0.3, -0.25) is 14.4 Å². The topological polar surface area (TPSA) is 96.3 Å². The largest absolute Gasteiger partial charge is 0.369 e. The predicted molar refractivity (Wildman–Crippen MR) is 99.7 cm³/mol. The van der Waals surface area contributed by atoms with E-state index < -0.39 is 11.5 Å². The molecule has 3 N–H and O–H groups in total. The summed E-state index contributed by atoms with van der Waals surface area (Å²) in [5.74, 6) is -1.13. The van der Waals surface area contributed by atoms with Crippen molar-refractivity contribution in [3.8, 4) is 11.3 Å². The molecular formula is C20H23N3O3. The number of carbonyl (C=O) groups excluding carboxylic acids is 2. The minimum atomic E-state index is -0.428. The average molecular weight is 353 g/mol. The number of aryl methyl sites for hydroxylation is 1. The first-order valence-corrected chi connectivity index (χ1v) is 8.77. The van der Waals surface area contributed by atoms with Gasteiger partial charge in [-0.1, -0.05) is 23.8 Å².